The fourth-order valence-electron chi connectivity index (χ4n) is 2.08. The number of ether oxygens (including phenoxy) is 2. The van der Waals surface area contributed by atoms with Crippen LogP contribution in [0.2, 0.25) is 0 Å². The molecule has 2 N–H and O–H groups in total. The summed E-state index contributed by atoms with van der Waals surface area (Å²) in [5.74, 6) is 1.33. The third kappa shape index (κ3) is 3.32. The van der Waals surface area contributed by atoms with E-state index >= 15 is 0 Å². The van der Waals surface area contributed by atoms with Crippen LogP contribution in [0.4, 0.5) is 0 Å². The van der Waals surface area contributed by atoms with Crippen LogP contribution in [0.3, 0.4) is 0 Å². The van der Waals surface area contributed by atoms with Gasteiger partial charge in [0, 0.05) is 25.5 Å². The first kappa shape index (κ1) is 16.5. The van der Waals surface area contributed by atoms with E-state index in [1.54, 1.807) is 17.3 Å². The van der Waals surface area contributed by atoms with Crippen LogP contribution in [0.25, 0.3) is 0 Å². The Morgan fingerprint density at radius 2 is 2.18 bits per heavy atom. The lowest BCUT2D eigenvalue weighted by Crippen LogP contribution is -2.26. The van der Waals surface area contributed by atoms with Gasteiger partial charge in [0.05, 0.1) is 0 Å². The molecule has 3 rings (SSSR count). The zero-order valence-corrected chi connectivity index (χ0v) is 13.6. The van der Waals surface area contributed by atoms with Crippen LogP contribution < -0.4 is 15.2 Å². The van der Waals surface area contributed by atoms with Gasteiger partial charge in [0.1, 0.15) is 10.7 Å². The smallest absolute Gasteiger partial charge is 0.273 e. The third-order valence-electron chi connectivity index (χ3n) is 3.15. The van der Waals surface area contributed by atoms with E-state index in [2.05, 4.69) is 4.98 Å². The average Bonchev–Trinajstić information content (AvgIpc) is 3.14. The van der Waals surface area contributed by atoms with Crippen molar-refractivity contribution in [2.75, 3.05) is 13.8 Å². The van der Waals surface area contributed by atoms with Crippen LogP contribution in [0.15, 0.2) is 23.6 Å². The molecule has 1 aromatic heterocycles. The summed E-state index contributed by atoms with van der Waals surface area (Å²) in [5, 5.41) is 2.50. The van der Waals surface area contributed by atoms with Crippen LogP contribution in [-0.4, -0.2) is 29.6 Å². The Kier molecular flexibility index (Phi) is 5.23. The molecule has 1 aliphatic rings. The molecule has 1 aromatic carbocycles. The van der Waals surface area contributed by atoms with Gasteiger partial charge in [-0.3, -0.25) is 4.79 Å². The second-order valence-electron chi connectivity index (χ2n) is 4.68. The Balaban J connectivity index is 0.00000176. The molecule has 0 aliphatic carbocycles. The molecule has 0 spiro atoms. The van der Waals surface area contributed by atoms with Crippen LogP contribution in [0.1, 0.15) is 21.1 Å². The quantitative estimate of drug-likeness (QED) is 0.920. The highest BCUT2D eigenvalue weighted by molar-refractivity contribution is 7.09. The van der Waals surface area contributed by atoms with Gasteiger partial charge in [-0.2, -0.15) is 0 Å². The second kappa shape index (κ2) is 6.95. The lowest BCUT2D eigenvalue weighted by molar-refractivity contribution is 0.0779. The maximum Gasteiger partial charge on any atom is 0.273 e. The predicted molar refractivity (Wildman–Crippen MR) is 85.6 cm³/mol. The van der Waals surface area contributed by atoms with Gasteiger partial charge in [0.15, 0.2) is 11.5 Å². The number of rotatable bonds is 4. The number of nitrogens with two attached hydrogens (primary N) is 1. The van der Waals surface area contributed by atoms with Crippen molar-refractivity contribution in [3.63, 3.8) is 0 Å². The van der Waals surface area contributed by atoms with Gasteiger partial charge >= 0.3 is 0 Å². The summed E-state index contributed by atoms with van der Waals surface area (Å²) in [6.45, 7) is 1.07. The van der Waals surface area contributed by atoms with Crippen molar-refractivity contribution in [1.29, 1.82) is 0 Å². The molecular weight excluding hydrogens is 326 g/mol. The zero-order chi connectivity index (χ0) is 14.8. The van der Waals surface area contributed by atoms with Crippen molar-refractivity contribution in [2.24, 2.45) is 5.73 Å². The average molecular weight is 342 g/mol. The van der Waals surface area contributed by atoms with E-state index in [0.29, 0.717) is 24.5 Å². The number of benzene rings is 1. The summed E-state index contributed by atoms with van der Waals surface area (Å²) in [7, 11) is 1.74. The van der Waals surface area contributed by atoms with E-state index in [-0.39, 0.29) is 25.1 Å². The largest absolute Gasteiger partial charge is 0.454 e. The van der Waals surface area contributed by atoms with E-state index < -0.39 is 0 Å². The summed E-state index contributed by atoms with van der Waals surface area (Å²) in [5.41, 5.74) is 6.92. The maximum atomic E-state index is 12.3. The molecule has 2 heterocycles. The summed E-state index contributed by atoms with van der Waals surface area (Å²) < 4.78 is 10.6. The number of hydrogen-bond acceptors (Lipinski definition) is 6. The Morgan fingerprint density at radius 3 is 2.91 bits per heavy atom. The lowest BCUT2D eigenvalue weighted by Gasteiger charge is -2.16. The number of nitrogens with zero attached hydrogens (tertiary/aromatic N) is 2. The summed E-state index contributed by atoms with van der Waals surface area (Å²) in [6, 6.07) is 5.66. The standard InChI is InChI=1S/C14H15N3O3S.ClH/c1-17(14(18)10-7-21-13(5-15)16-10)6-9-2-3-11-12(4-9)20-8-19-11;/h2-4,7H,5-6,8,15H2,1H3;1H. The van der Waals surface area contributed by atoms with Gasteiger partial charge in [0.2, 0.25) is 6.79 Å². The molecule has 0 radical (unpaired) electrons. The van der Waals surface area contributed by atoms with Crippen LogP contribution in [0.5, 0.6) is 11.5 Å². The second-order valence-corrected chi connectivity index (χ2v) is 5.62. The minimum absolute atomic E-state index is 0. The van der Waals surface area contributed by atoms with E-state index in [1.807, 2.05) is 18.2 Å². The molecule has 22 heavy (non-hydrogen) atoms. The van der Waals surface area contributed by atoms with Crippen molar-refractivity contribution in [3.8, 4) is 11.5 Å². The van der Waals surface area contributed by atoms with Crippen molar-refractivity contribution in [2.45, 2.75) is 13.1 Å². The van der Waals surface area contributed by atoms with Crippen molar-refractivity contribution in [3.05, 3.63) is 39.8 Å². The van der Waals surface area contributed by atoms with Crippen LogP contribution in [-0.2, 0) is 13.1 Å². The van der Waals surface area contributed by atoms with Crippen molar-refractivity contribution >= 4 is 29.7 Å². The molecule has 6 nitrogen and oxygen atoms in total. The Hall–Kier alpha value is -1.83. The number of fused-ring (bicyclic) bond motifs is 1. The maximum absolute atomic E-state index is 12.3. The van der Waals surface area contributed by atoms with Crippen LogP contribution >= 0.6 is 23.7 Å². The molecule has 0 fully saturated rings. The number of carbonyl (C=O) groups excluding carboxylic acids is 1. The normalized spacial score (nSPS) is 11.9. The number of carbonyl (C=O) groups is 1. The summed E-state index contributed by atoms with van der Waals surface area (Å²) in [4.78, 5) is 18.1. The zero-order valence-electron chi connectivity index (χ0n) is 11.9. The number of halogens is 1. The first-order chi connectivity index (χ1) is 10.2. The topological polar surface area (TPSA) is 77.7 Å². The van der Waals surface area contributed by atoms with Gasteiger partial charge in [-0.1, -0.05) is 6.07 Å². The number of thiazole rings is 1. The molecule has 2 aromatic rings. The SMILES string of the molecule is CN(Cc1ccc2c(c1)OCO2)C(=O)c1csc(CN)n1.Cl. The molecule has 0 atom stereocenters. The molecule has 0 unspecified atom stereocenters. The highest BCUT2D eigenvalue weighted by atomic mass is 35.5. The number of aromatic nitrogens is 1. The van der Waals surface area contributed by atoms with Gasteiger partial charge < -0.3 is 20.1 Å². The molecule has 1 amide bonds. The molecule has 0 bridgehead atoms. The Morgan fingerprint density at radius 1 is 1.41 bits per heavy atom. The minimum Gasteiger partial charge on any atom is -0.454 e. The first-order valence-corrected chi connectivity index (χ1v) is 7.34. The fraction of sp³-hybridized carbons (Fsp3) is 0.286. The molecular formula is C14H16ClN3O3S. The third-order valence-corrected chi connectivity index (χ3v) is 4.02. The molecule has 0 saturated heterocycles. The first-order valence-electron chi connectivity index (χ1n) is 6.46. The van der Waals surface area contributed by atoms with Crippen molar-refractivity contribution < 1.29 is 14.3 Å². The molecule has 8 heteroatoms. The predicted octanol–water partition coefficient (Wildman–Crippen LogP) is 2.02. The highest BCUT2D eigenvalue weighted by Gasteiger charge is 2.18. The minimum atomic E-state index is -0.122. The van der Waals surface area contributed by atoms with Crippen LogP contribution in [0, 0.1) is 0 Å². The Bertz CT molecular complexity index is 677. The summed E-state index contributed by atoms with van der Waals surface area (Å²) >= 11 is 1.40. The summed E-state index contributed by atoms with van der Waals surface area (Å²) in [6.07, 6.45) is 0. The van der Waals surface area contributed by atoms with E-state index in [9.17, 15) is 4.79 Å². The van der Waals surface area contributed by atoms with Gasteiger partial charge in [-0.15, -0.1) is 23.7 Å². The van der Waals surface area contributed by atoms with E-state index in [0.717, 1.165) is 16.3 Å². The molecule has 1 aliphatic heterocycles. The van der Waals surface area contributed by atoms with Gasteiger partial charge in [0.25, 0.3) is 5.91 Å². The lowest BCUT2D eigenvalue weighted by atomic mass is 10.2. The van der Waals surface area contributed by atoms with Gasteiger partial charge in [-0.25, -0.2) is 4.98 Å². The van der Waals surface area contributed by atoms with E-state index in [4.69, 9.17) is 15.2 Å². The number of amides is 1. The van der Waals surface area contributed by atoms with Gasteiger partial charge in [-0.05, 0) is 17.7 Å². The number of hydrogen-bond donors (Lipinski definition) is 1. The Labute approximate surface area is 138 Å². The van der Waals surface area contributed by atoms with E-state index in [1.165, 1.54) is 11.3 Å². The molecule has 118 valence electrons. The van der Waals surface area contributed by atoms with Crippen molar-refractivity contribution in [1.82, 2.24) is 9.88 Å². The fourth-order valence-corrected chi connectivity index (χ4v) is 2.73. The monoisotopic (exact) mass is 341 g/mol. The highest BCUT2D eigenvalue weighted by Crippen LogP contribution is 2.32. The molecule has 0 saturated carbocycles.